The van der Waals surface area contributed by atoms with Gasteiger partial charge in [0.25, 0.3) is 0 Å². The molecule has 0 aliphatic heterocycles. The smallest absolute Gasteiger partial charge is 0.306 e. The fourth-order valence-corrected chi connectivity index (χ4v) is 3.88. The first-order valence-electron chi connectivity index (χ1n) is 8.23. The molecular formula is C18H23NO3. The minimum absolute atomic E-state index is 0.0373. The van der Waals surface area contributed by atoms with E-state index in [9.17, 15) is 9.59 Å². The van der Waals surface area contributed by atoms with Crippen LogP contribution in [0.5, 0.6) is 0 Å². The van der Waals surface area contributed by atoms with Gasteiger partial charge in [-0.25, -0.2) is 0 Å². The summed E-state index contributed by atoms with van der Waals surface area (Å²) in [6, 6.07) is 8.43. The Kier molecular flexibility index (Phi) is 4.46. The lowest BCUT2D eigenvalue weighted by Crippen LogP contribution is -2.37. The second kappa shape index (κ2) is 6.51. The molecule has 2 N–H and O–H groups in total. The summed E-state index contributed by atoms with van der Waals surface area (Å²) >= 11 is 0. The van der Waals surface area contributed by atoms with Crippen LogP contribution < -0.4 is 5.32 Å². The standard InChI is InChI=1S/C18H23NO3/c20-17(13-5-3-6-14(10-13)18(21)22)19-11-15-9-8-12-4-1-2-7-16(12)15/h1-2,4,7,13-15H,3,5-6,8-11H2,(H,19,20)(H,21,22). The number of nitrogens with one attached hydrogen (secondary N) is 1. The maximum absolute atomic E-state index is 12.3. The molecule has 1 aromatic carbocycles. The Hall–Kier alpha value is -1.84. The average molecular weight is 301 g/mol. The van der Waals surface area contributed by atoms with Crippen LogP contribution in [-0.2, 0) is 16.0 Å². The Labute approximate surface area is 130 Å². The molecule has 118 valence electrons. The van der Waals surface area contributed by atoms with Crippen molar-refractivity contribution < 1.29 is 14.7 Å². The Balaban J connectivity index is 1.54. The molecule has 1 fully saturated rings. The zero-order valence-electron chi connectivity index (χ0n) is 12.8. The van der Waals surface area contributed by atoms with Crippen LogP contribution >= 0.6 is 0 Å². The molecule has 0 radical (unpaired) electrons. The Morgan fingerprint density at radius 2 is 1.91 bits per heavy atom. The summed E-state index contributed by atoms with van der Waals surface area (Å²) in [6.45, 7) is 0.671. The maximum atomic E-state index is 12.3. The molecule has 1 saturated carbocycles. The number of rotatable bonds is 4. The predicted octanol–water partition coefficient (Wildman–Crippen LogP) is 2.72. The molecule has 0 aromatic heterocycles. The van der Waals surface area contributed by atoms with Crippen LogP contribution in [0.15, 0.2) is 24.3 Å². The molecule has 2 aliphatic carbocycles. The van der Waals surface area contributed by atoms with Gasteiger partial charge in [0.1, 0.15) is 0 Å². The molecule has 3 rings (SSSR count). The average Bonchev–Trinajstić information content (AvgIpc) is 2.96. The molecule has 3 atom stereocenters. The first kappa shape index (κ1) is 15.1. The molecule has 2 aliphatic rings. The van der Waals surface area contributed by atoms with Crippen LogP contribution in [0.25, 0.3) is 0 Å². The van der Waals surface area contributed by atoms with Gasteiger partial charge in [-0.1, -0.05) is 30.7 Å². The van der Waals surface area contributed by atoms with Crippen molar-refractivity contribution in [3.8, 4) is 0 Å². The number of fused-ring (bicyclic) bond motifs is 1. The highest BCUT2D eigenvalue weighted by molar-refractivity contribution is 5.80. The van der Waals surface area contributed by atoms with Crippen molar-refractivity contribution in [2.24, 2.45) is 11.8 Å². The molecule has 0 bridgehead atoms. The van der Waals surface area contributed by atoms with Crippen molar-refractivity contribution in [2.45, 2.75) is 44.4 Å². The molecule has 4 nitrogen and oxygen atoms in total. The summed E-state index contributed by atoms with van der Waals surface area (Å²) in [5.41, 5.74) is 2.75. The fourth-order valence-electron chi connectivity index (χ4n) is 3.88. The van der Waals surface area contributed by atoms with Gasteiger partial charge in [0.05, 0.1) is 5.92 Å². The van der Waals surface area contributed by atoms with Gasteiger partial charge in [-0.05, 0) is 43.2 Å². The minimum atomic E-state index is -0.762. The van der Waals surface area contributed by atoms with E-state index in [1.807, 2.05) is 0 Å². The van der Waals surface area contributed by atoms with E-state index in [1.165, 1.54) is 11.1 Å². The summed E-state index contributed by atoms with van der Waals surface area (Å²) in [5.74, 6) is -0.806. The number of hydrogen-bond acceptors (Lipinski definition) is 2. The number of amides is 1. The zero-order chi connectivity index (χ0) is 15.5. The van der Waals surface area contributed by atoms with Crippen LogP contribution in [-0.4, -0.2) is 23.5 Å². The molecular weight excluding hydrogens is 278 g/mol. The number of carboxylic acid groups (broad SMARTS) is 1. The van der Waals surface area contributed by atoms with E-state index in [2.05, 4.69) is 29.6 Å². The summed E-state index contributed by atoms with van der Waals surface area (Å²) in [6.07, 6.45) is 5.01. The van der Waals surface area contributed by atoms with Crippen molar-refractivity contribution in [1.29, 1.82) is 0 Å². The number of hydrogen-bond donors (Lipinski definition) is 2. The van der Waals surface area contributed by atoms with Crippen LogP contribution in [0.3, 0.4) is 0 Å². The fraction of sp³-hybridized carbons (Fsp3) is 0.556. The molecule has 0 heterocycles. The normalized spacial score (nSPS) is 27.2. The summed E-state index contributed by atoms with van der Waals surface area (Å²) in [7, 11) is 0. The van der Waals surface area contributed by atoms with Crippen molar-refractivity contribution in [3.63, 3.8) is 0 Å². The highest BCUT2D eigenvalue weighted by atomic mass is 16.4. The number of carbonyl (C=O) groups excluding carboxylic acids is 1. The Morgan fingerprint density at radius 1 is 1.14 bits per heavy atom. The lowest BCUT2D eigenvalue weighted by Gasteiger charge is -2.26. The summed E-state index contributed by atoms with van der Waals surface area (Å²) in [4.78, 5) is 23.4. The van der Waals surface area contributed by atoms with E-state index in [-0.39, 0.29) is 17.7 Å². The monoisotopic (exact) mass is 301 g/mol. The number of carbonyl (C=O) groups is 2. The SMILES string of the molecule is O=C(O)C1CCCC(C(=O)NCC2CCc3ccccc32)C1. The topological polar surface area (TPSA) is 66.4 Å². The Morgan fingerprint density at radius 3 is 2.73 bits per heavy atom. The maximum Gasteiger partial charge on any atom is 0.306 e. The highest BCUT2D eigenvalue weighted by Crippen LogP contribution is 2.33. The van der Waals surface area contributed by atoms with Gasteiger partial charge in [-0.2, -0.15) is 0 Å². The number of aryl methyl sites for hydroxylation is 1. The molecule has 3 unspecified atom stereocenters. The van der Waals surface area contributed by atoms with E-state index >= 15 is 0 Å². The first-order valence-corrected chi connectivity index (χ1v) is 8.23. The molecule has 1 amide bonds. The third-order valence-corrected chi connectivity index (χ3v) is 5.17. The van der Waals surface area contributed by atoms with E-state index < -0.39 is 5.97 Å². The highest BCUT2D eigenvalue weighted by Gasteiger charge is 2.31. The molecule has 0 saturated heterocycles. The molecule has 1 aromatic rings. The second-order valence-electron chi connectivity index (χ2n) is 6.58. The molecule has 22 heavy (non-hydrogen) atoms. The van der Waals surface area contributed by atoms with Gasteiger partial charge >= 0.3 is 5.97 Å². The third-order valence-electron chi connectivity index (χ3n) is 5.17. The molecule has 4 heteroatoms. The Bertz CT molecular complexity index is 569. The van der Waals surface area contributed by atoms with E-state index in [0.717, 1.165) is 25.7 Å². The summed E-state index contributed by atoms with van der Waals surface area (Å²) in [5, 5.41) is 12.2. The van der Waals surface area contributed by atoms with Crippen LogP contribution in [0, 0.1) is 11.8 Å². The van der Waals surface area contributed by atoms with Crippen molar-refractivity contribution >= 4 is 11.9 Å². The quantitative estimate of drug-likeness (QED) is 0.898. The number of aliphatic carboxylic acids is 1. The van der Waals surface area contributed by atoms with Gasteiger partial charge in [0.2, 0.25) is 5.91 Å². The predicted molar refractivity (Wildman–Crippen MR) is 83.6 cm³/mol. The van der Waals surface area contributed by atoms with Crippen LogP contribution in [0.1, 0.15) is 49.1 Å². The first-order chi connectivity index (χ1) is 10.6. The minimum Gasteiger partial charge on any atom is -0.481 e. The van der Waals surface area contributed by atoms with Gasteiger partial charge < -0.3 is 10.4 Å². The summed E-state index contributed by atoms with van der Waals surface area (Å²) < 4.78 is 0. The van der Waals surface area contributed by atoms with Crippen molar-refractivity contribution in [2.75, 3.05) is 6.54 Å². The third kappa shape index (κ3) is 3.16. The van der Waals surface area contributed by atoms with Gasteiger partial charge in [0.15, 0.2) is 0 Å². The van der Waals surface area contributed by atoms with E-state index in [4.69, 9.17) is 5.11 Å². The lowest BCUT2D eigenvalue weighted by molar-refractivity contribution is -0.144. The van der Waals surface area contributed by atoms with Gasteiger partial charge in [0, 0.05) is 18.4 Å². The van der Waals surface area contributed by atoms with E-state index in [1.54, 1.807) is 0 Å². The largest absolute Gasteiger partial charge is 0.481 e. The second-order valence-corrected chi connectivity index (χ2v) is 6.58. The van der Waals surface area contributed by atoms with Gasteiger partial charge in [-0.3, -0.25) is 9.59 Å². The van der Waals surface area contributed by atoms with Crippen molar-refractivity contribution in [3.05, 3.63) is 35.4 Å². The van der Waals surface area contributed by atoms with Crippen LogP contribution in [0.2, 0.25) is 0 Å². The number of benzene rings is 1. The van der Waals surface area contributed by atoms with Crippen molar-refractivity contribution in [1.82, 2.24) is 5.32 Å². The van der Waals surface area contributed by atoms with Gasteiger partial charge in [-0.15, -0.1) is 0 Å². The van der Waals surface area contributed by atoms with E-state index in [0.29, 0.717) is 25.3 Å². The number of carboxylic acids is 1. The van der Waals surface area contributed by atoms with Crippen LogP contribution in [0.4, 0.5) is 0 Å². The molecule has 0 spiro atoms. The zero-order valence-corrected chi connectivity index (χ0v) is 12.8. The lowest BCUT2D eigenvalue weighted by atomic mass is 9.81.